The minimum absolute atomic E-state index is 0.0467. The van der Waals surface area contributed by atoms with Gasteiger partial charge in [0.2, 0.25) is 5.91 Å². The van der Waals surface area contributed by atoms with E-state index in [9.17, 15) is 18.0 Å². The van der Waals surface area contributed by atoms with Gasteiger partial charge >= 0.3 is 6.18 Å². The largest absolute Gasteiger partial charge is 0.417 e. The van der Waals surface area contributed by atoms with Crippen LogP contribution in [0.15, 0.2) is 18.5 Å². The fourth-order valence-electron chi connectivity index (χ4n) is 3.09. The predicted molar refractivity (Wildman–Crippen MR) is 72.1 cm³/mol. The van der Waals surface area contributed by atoms with Crippen LogP contribution in [0.3, 0.4) is 0 Å². The number of carbonyl (C=O) groups excluding carboxylic acids is 1. The molecule has 0 radical (unpaired) electrons. The first-order valence-corrected chi connectivity index (χ1v) is 7.04. The Kier molecular flexibility index (Phi) is 3.82. The van der Waals surface area contributed by atoms with E-state index in [-0.39, 0.29) is 24.1 Å². The van der Waals surface area contributed by atoms with Crippen LogP contribution in [0.4, 0.5) is 18.9 Å². The van der Waals surface area contributed by atoms with E-state index in [2.05, 4.69) is 15.6 Å². The number of halogens is 3. The summed E-state index contributed by atoms with van der Waals surface area (Å²) in [5.74, 6) is -0.177. The van der Waals surface area contributed by atoms with E-state index in [0.29, 0.717) is 13.2 Å². The van der Waals surface area contributed by atoms with Gasteiger partial charge in [-0.15, -0.1) is 0 Å². The molecular formula is C14H16F3N3O2. The number of alkyl halides is 3. The number of carbonyl (C=O) groups is 1. The average Bonchev–Trinajstić information content (AvgIpc) is 2.92. The molecule has 0 saturated carbocycles. The summed E-state index contributed by atoms with van der Waals surface area (Å²) in [6.45, 7) is 2.07. The minimum atomic E-state index is -4.49. The summed E-state index contributed by atoms with van der Waals surface area (Å²) < 4.78 is 43.5. The van der Waals surface area contributed by atoms with Gasteiger partial charge in [-0.05, 0) is 24.9 Å². The molecule has 2 aliphatic heterocycles. The Morgan fingerprint density at radius 2 is 2.27 bits per heavy atom. The fraction of sp³-hybridized carbons (Fsp3) is 0.571. The zero-order valence-corrected chi connectivity index (χ0v) is 11.7. The van der Waals surface area contributed by atoms with Crippen LogP contribution in [0, 0.1) is 11.3 Å². The molecule has 0 aromatic carbocycles. The van der Waals surface area contributed by atoms with Crippen LogP contribution in [-0.4, -0.2) is 37.2 Å². The molecule has 0 aliphatic carbocycles. The number of anilines is 1. The minimum Gasteiger partial charge on any atom is -0.380 e. The van der Waals surface area contributed by atoms with Gasteiger partial charge in [-0.1, -0.05) is 0 Å². The van der Waals surface area contributed by atoms with E-state index in [4.69, 9.17) is 4.74 Å². The quantitative estimate of drug-likeness (QED) is 0.871. The molecule has 8 heteroatoms. The number of aromatic nitrogens is 1. The summed E-state index contributed by atoms with van der Waals surface area (Å²) in [6.07, 6.45) is -1.78. The lowest BCUT2D eigenvalue weighted by atomic mass is 9.75. The summed E-state index contributed by atoms with van der Waals surface area (Å²) in [6, 6.07) is 0.891. The van der Waals surface area contributed by atoms with Gasteiger partial charge in [0.1, 0.15) is 0 Å². The topological polar surface area (TPSA) is 63.2 Å². The second kappa shape index (κ2) is 5.51. The number of amides is 1. The molecule has 22 heavy (non-hydrogen) atoms. The van der Waals surface area contributed by atoms with Crippen molar-refractivity contribution in [1.82, 2.24) is 10.3 Å². The number of hydrogen-bond donors (Lipinski definition) is 2. The third-order valence-electron chi connectivity index (χ3n) is 4.36. The molecule has 0 bridgehead atoms. The third kappa shape index (κ3) is 2.68. The Morgan fingerprint density at radius 3 is 3.05 bits per heavy atom. The highest BCUT2D eigenvalue weighted by molar-refractivity contribution is 5.96. The van der Waals surface area contributed by atoms with Crippen LogP contribution >= 0.6 is 0 Å². The van der Waals surface area contributed by atoms with E-state index in [1.807, 2.05) is 0 Å². The molecule has 0 spiro atoms. The van der Waals surface area contributed by atoms with Gasteiger partial charge in [0, 0.05) is 19.3 Å². The summed E-state index contributed by atoms with van der Waals surface area (Å²) in [7, 11) is 0. The van der Waals surface area contributed by atoms with Gasteiger partial charge < -0.3 is 15.4 Å². The number of fused-ring (bicyclic) bond motifs is 1. The highest BCUT2D eigenvalue weighted by Crippen LogP contribution is 2.39. The Morgan fingerprint density at radius 1 is 1.45 bits per heavy atom. The number of ether oxygens (including phenoxy) is 1. The van der Waals surface area contributed by atoms with Crippen molar-refractivity contribution < 1.29 is 22.7 Å². The van der Waals surface area contributed by atoms with Gasteiger partial charge in [0.05, 0.1) is 29.5 Å². The van der Waals surface area contributed by atoms with Gasteiger partial charge in [-0.3, -0.25) is 9.78 Å². The van der Waals surface area contributed by atoms with E-state index >= 15 is 0 Å². The standard InChI is InChI=1S/C14H16F3N3O2/c15-14(16,17)10-3-11(6-18-5-10)20-12(21)13-7-19-4-9(13)1-2-22-8-13/h3,5-6,9,19H,1-2,4,7-8H2,(H,20,21)/t9-,13+/m1/s1. The number of rotatable bonds is 2. The molecule has 2 saturated heterocycles. The van der Waals surface area contributed by atoms with Gasteiger partial charge in [0.25, 0.3) is 0 Å². The average molecular weight is 315 g/mol. The van der Waals surface area contributed by atoms with Crippen molar-refractivity contribution in [2.24, 2.45) is 11.3 Å². The van der Waals surface area contributed by atoms with Crippen LogP contribution in [-0.2, 0) is 15.7 Å². The second-order valence-corrected chi connectivity index (χ2v) is 5.74. The Labute approximate surface area is 125 Å². The van der Waals surface area contributed by atoms with Crippen molar-refractivity contribution in [3.05, 3.63) is 24.0 Å². The van der Waals surface area contributed by atoms with E-state index < -0.39 is 17.2 Å². The molecule has 1 aromatic heterocycles. The second-order valence-electron chi connectivity index (χ2n) is 5.74. The summed E-state index contributed by atoms with van der Waals surface area (Å²) in [5.41, 5.74) is -1.55. The first kappa shape index (κ1) is 15.2. The molecule has 0 unspecified atom stereocenters. The monoisotopic (exact) mass is 315 g/mol. The van der Waals surface area contributed by atoms with Crippen LogP contribution in [0.2, 0.25) is 0 Å². The fourth-order valence-corrected chi connectivity index (χ4v) is 3.09. The lowest BCUT2D eigenvalue weighted by Gasteiger charge is -2.36. The van der Waals surface area contributed by atoms with E-state index in [1.165, 1.54) is 6.20 Å². The van der Waals surface area contributed by atoms with Crippen LogP contribution < -0.4 is 10.6 Å². The number of pyridine rings is 1. The first-order valence-electron chi connectivity index (χ1n) is 7.04. The van der Waals surface area contributed by atoms with Crippen LogP contribution in [0.25, 0.3) is 0 Å². The van der Waals surface area contributed by atoms with Gasteiger partial charge in [-0.2, -0.15) is 13.2 Å². The predicted octanol–water partition coefficient (Wildman–Crippen LogP) is 1.67. The van der Waals surface area contributed by atoms with Gasteiger partial charge in [-0.25, -0.2) is 0 Å². The first-order chi connectivity index (χ1) is 10.4. The van der Waals surface area contributed by atoms with Crippen LogP contribution in [0.1, 0.15) is 12.0 Å². The van der Waals surface area contributed by atoms with E-state index in [1.54, 1.807) is 0 Å². The van der Waals surface area contributed by atoms with E-state index in [0.717, 1.165) is 25.2 Å². The Bertz CT molecular complexity index is 579. The normalized spacial score (nSPS) is 28.2. The molecule has 120 valence electrons. The molecule has 5 nitrogen and oxygen atoms in total. The molecule has 2 aliphatic rings. The molecular weight excluding hydrogens is 299 g/mol. The molecule has 1 aromatic rings. The number of hydrogen-bond acceptors (Lipinski definition) is 4. The molecule has 1 amide bonds. The van der Waals surface area contributed by atoms with Crippen LogP contribution in [0.5, 0.6) is 0 Å². The van der Waals surface area contributed by atoms with Crippen molar-refractivity contribution in [2.45, 2.75) is 12.6 Å². The van der Waals surface area contributed by atoms with Crippen molar-refractivity contribution >= 4 is 11.6 Å². The molecule has 3 rings (SSSR count). The zero-order chi connectivity index (χ0) is 15.8. The van der Waals surface area contributed by atoms with Crippen molar-refractivity contribution in [2.75, 3.05) is 31.6 Å². The molecule has 2 N–H and O–H groups in total. The summed E-state index contributed by atoms with van der Waals surface area (Å²) in [5, 5.41) is 5.74. The maximum absolute atomic E-state index is 12.7. The number of nitrogens with one attached hydrogen (secondary N) is 2. The third-order valence-corrected chi connectivity index (χ3v) is 4.36. The highest BCUT2D eigenvalue weighted by Gasteiger charge is 2.51. The zero-order valence-electron chi connectivity index (χ0n) is 11.7. The Balaban J connectivity index is 1.79. The molecule has 3 heterocycles. The highest BCUT2D eigenvalue weighted by atomic mass is 19.4. The smallest absolute Gasteiger partial charge is 0.380 e. The lowest BCUT2D eigenvalue weighted by molar-refractivity contribution is -0.138. The van der Waals surface area contributed by atoms with Crippen molar-refractivity contribution in [3.8, 4) is 0 Å². The summed E-state index contributed by atoms with van der Waals surface area (Å²) >= 11 is 0. The SMILES string of the molecule is O=C(Nc1cncc(C(F)(F)F)c1)[C@]12CNC[C@H]1CCOC2. The maximum atomic E-state index is 12.7. The van der Waals surface area contributed by atoms with Crippen molar-refractivity contribution in [3.63, 3.8) is 0 Å². The number of nitrogens with zero attached hydrogens (tertiary/aromatic N) is 1. The molecule has 2 fully saturated rings. The maximum Gasteiger partial charge on any atom is 0.417 e. The van der Waals surface area contributed by atoms with Crippen molar-refractivity contribution in [1.29, 1.82) is 0 Å². The summed E-state index contributed by atoms with van der Waals surface area (Å²) in [4.78, 5) is 16.1. The van der Waals surface area contributed by atoms with Gasteiger partial charge in [0.15, 0.2) is 0 Å². The molecule has 2 atom stereocenters. The lowest BCUT2D eigenvalue weighted by Crippen LogP contribution is -2.49. The Hall–Kier alpha value is -1.67.